The summed E-state index contributed by atoms with van der Waals surface area (Å²) in [6.45, 7) is 7.21. The van der Waals surface area contributed by atoms with Gasteiger partial charge in [0.05, 0.1) is 4.90 Å². The summed E-state index contributed by atoms with van der Waals surface area (Å²) >= 11 is 0. The second kappa shape index (κ2) is 8.83. The van der Waals surface area contributed by atoms with Crippen LogP contribution in [0.15, 0.2) is 23.1 Å². The highest BCUT2D eigenvalue weighted by Gasteiger charge is 2.33. The molecule has 1 saturated heterocycles. The topological polar surface area (TPSA) is 95.6 Å². The molecule has 1 aromatic rings. The molecule has 2 N–H and O–H groups in total. The normalized spacial score (nSPS) is 19.4. The zero-order chi connectivity index (χ0) is 21.2. The van der Waals surface area contributed by atoms with Crippen molar-refractivity contribution in [3.05, 3.63) is 23.8 Å². The number of aryl methyl sites for hydroxylation is 1. The van der Waals surface area contributed by atoms with Crippen molar-refractivity contribution in [1.82, 2.24) is 9.62 Å². The number of nitrogens with zero attached hydrogens (tertiary/aromatic N) is 1. The first-order valence-corrected chi connectivity index (χ1v) is 11.9. The molecule has 0 bridgehead atoms. The molecule has 0 unspecified atom stereocenters. The summed E-state index contributed by atoms with van der Waals surface area (Å²) in [5.74, 6) is 0.210. The Morgan fingerprint density at radius 1 is 1.21 bits per heavy atom. The van der Waals surface area contributed by atoms with Gasteiger partial charge in [-0.2, -0.15) is 4.72 Å². The van der Waals surface area contributed by atoms with Crippen LogP contribution < -0.4 is 10.0 Å². The number of fused-ring (bicyclic) bond motifs is 1. The zero-order valence-electron chi connectivity index (χ0n) is 17.4. The standard InChI is InChI=1S/C21H31N3O4S/c1-14(2)20(21(26)24-11-9-15(3)10-12-24)23-29(27,28)17-7-8-18-16(13-17)5-4-6-19(25)22-18/h7-8,13-15,20,23H,4-6,9-12H2,1-3H3,(H,22,25)/t20-/m0/s1. The molecule has 0 aromatic heterocycles. The smallest absolute Gasteiger partial charge is 0.241 e. The molecule has 29 heavy (non-hydrogen) atoms. The van der Waals surface area contributed by atoms with E-state index in [2.05, 4.69) is 17.0 Å². The number of hydrogen-bond donors (Lipinski definition) is 2. The third kappa shape index (κ3) is 5.17. The van der Waals surface area contributed by atoms with Gasteiger partial charge in [-0.3, -0.25) is 9.59 Å². The fourth-order valence-electron chi connectivity index (χ4n) is 3.85. The van der Waals surface area contributed by atoms with E-state index < -0.39 is 16.1 Å². The Kier molecular flexibility index (Phi) is 6.63. The van der Waals surface area contributed by atoms with Gasteiger partial charge in [0.2, 0.25) is 21.8 Å². The average molecular weight is 422 g/mol. The number of rotatable bonds is 5. The lowest BCUT2D eigenvalue weighted by atomic mass is 9.97. The second-order valence-electron chi connectivity index (χ2n) is 8.57. The van der Waals surface area contributed by atoms with Crippen molar-refractivity contribution in [2.45, 2.75) is 63.8 Å². The van der Waals surface area contributed by atoms with Crippen LogP contribution in [0, 0.1) is 11.8 Å². The van der Waals surface area contributed by atoms with Gasteiger partial charge >= 0.3 is 0 Å². The minimum Gasteiger partial charge on any atom is -0.341 e. The van der Waals surface area contributed by atoms with Crippen LogP contribution in [0.3, 0.4) is 0 Å². The van der Waals surface area contributed by atoms with Crippen LogP contribution in [0.25, 0.3) is 0 Å². The number of piperidine rings is 1. The molecular formula is C21H31N3O4S. The molecule has 2 heterocycles. The first kappa shape index (κ1) is 21.8. The predicted octanol–water partition coefficient (Wildman–Crippen LogP) is 2.52. The van der Waals surface area contributed by atoms with Gasteiger partial charge in [-0.15, -0.1) is 0 Å². The van der Waals surface area contributed by atoms with Crippen molar-refractivity contribution in [2.24, 2.45) is 11.8 Å². The van der Waals surface area contributed by atoms with Crippen LogP contribution in [0.5, 0.6) is 0 Å². The molecule has 0 aliphatic carbocycles. The van der Waals surface area contributed by atoms with E-state index in [1.54, 1.807) is 17.0 Å². The molecule has 0 saturated carbocycles. The summed E-state index contributed by atoms with van der Waals surface area (Å²) in [5.41, 5.74) is 1.46. The minimum absolute atomic E-state index is 0.0567. The number of benzene rings is 1. The van der Waals surface area contributed by atoms with E-state index in [0.29, 0.717) is 44.0 Å². The molecule has 1 aromatic carbocycles. The molecule has 0 radical (unpaired) electrons. The maximum atomic E-state index is 13.1. The Morgan fingerprint density at radius 3 is 2.55 bits per heavy atom. The lowest BCUT2D eigenvalue weighted by Gasteiger charge is -2.34. The molecule has 8 heteroatoms. The molecule has 1 fully saturated rings. The third-order valence-corrected chi connectivity index (χ3v) is 7.26. The number of carbonyl (C=O) groups is 2. The van der Waals surface area contributed by atoms with E-state index in [1.807, 2.05) is 13.8 Å². The summed E-state index contributed by atoms with van der Waals surface area (Å²) in [4.78, 5) is 26.6. The highest BCUT2D eigenvalue weighted by atomic mass is 32.2. The lowest BCUT2D eigenvalue weighted by molar-refractivity contribution is -0.135. The van der Waals surface area contributed by atoms with Crippen molar-refractivity contribution in [2.75, 3.05) is 18.4 Å². The van der Waals surface area contributed by atoms with Gasteiger partial charge in [0.25, 0.3) is 0 Å². The number of amides is 2. The molecule has 2 aliphatic heterocycles. The summed E-state index contributed by atoms with van der Waals surface area (Å²) in [6.07, 6.45) is 3.62. The summed E-state index contributed by atoms with van der Waals surface area (Å²) in [6, 6.07) is 3.92. The molecular weight excluding hydrogens is 390 g/mol. The summed E-state index contributed by atoms with van der Waals surface area (Å²) in [5, 5.41) is 2.81. The van der Waals surface area contributed by atoms with E-state index in [9.17, 15) is 18.0 Å². The predicted molar refractivity (Wildman–Crippen MR) is 112 cm³/mol. The van der Waals surface area contributed by atoms with Crippen LogP contribution in [0.1, 0.15) is 52.0 Å². The van der Waals surface area contributed by atoms with E-state index >= 15 is 0 Å². The molecule has 0 spiro atoms. The quantitative estimate of drug-likeness (QED) is 0.764. The average Bonchev–Trinajstić information content (AvgIpc) is 2.86. The first-order chi connectivity index (χ1) is 13.7. The molecule has 1 atom stereocenters. The van der Waals surface area contributed by atoms with E-state index in [1.165, 1.54) is 6.07 Å². The minimum atomic E-state index is -3.87. The fourth-order valence-corrected chi connectivity index (χ4v) is 5.24. The van der Waals surface area contributed by atoms with Crippen LogP contribution >= 0.6 is 0 Å². The van der Waals surface area contributed by atoms with Gasteiger partial charge in [-0.25, -0.2) is 8.42 Å². The Labute approximate surface area is 173 Å². The van der Waals surface area contributed by atoms with Gasteiger partial charge in [-0.05, 0) is 61.3 Å². The Hall–Kier alpha value is -1.93. The Bertz CT molecular complexity index is 874. The molecule has 2 aliphatic rings. The molecule has 3 rings (SSSR count). The summed E-state index contributed by atoms with van der Waals surface area (Å²) < 4.78 is 28.7. The van der Waals surface area contributed by atoms with Crippen molar-refractivity contribution in [1.29, 1.82) is 0 Å². The zero-order valence-corrected chi connectivity index (χ0v) is 18.2. The van der Waals surface area contributed by atoms with Crippen molar-refractivity contribution in [3.8, 4) is 0 Å². The van der Waals surface area contributed by atoms with Crippen molar-refractivity contribution in [3.63, 3.8) is 0 Å². The Morgan fingerprint density at radius 2 is 1.90 bits per heavy atom. The number of nitrogens with one attached hydrogen (secondary N) is 2. The van der Waals surface area contributed by atoms with Crippen LogP contribution in [-0.4, -0.2) is 44.3 Å². The van der Waals surface area contributed by atoms with Crippen LogP contribution in [-0.2, 0) is 26.0 Å². The van der Waals surface area contributed by atoms with Gasteiger partial charge in [0, 0.05) is 25.2 Å². The number of hydrogen-bond acceptors (Lipinski definition) is 4. The molecule has 7 nitrogen and oxygen atoms in total. The van der Waals surface area contributed by atoms with Crippen molar-refractivity contribution >= 4 is 27.5 Å². The number of anilines is 1. The summed E-state index contributed by atoms with van der Waals surface area (Å²) in [7, 11) is -3.87. The monoisotopic (exact) mass is 421 g/mol. The number of likely N-dealkylation sites (tertiary alicyclic amines) is 1. The molecule has 2 amide bonds. The van der Waals surface area contributed by atoms with E-state index in [0.717, 1.165) is 18.4 Å². The van der Waals surface area contributed by atoms with Gasteiger partial charge in [-0.1, -0.05) is 20.8 Å². The third-order valence-electron chi connectivity index (χ3n) is 5.82. The Balaban J connectivity index is 1.80. The fraction of sp³-hybridized carbons (Fsp3) is 0.619. The van der Waals surface area contributed by atoms with Gasteiger partial charge in [0.15, 0.2) is 0 Å². The van der Waals surface area contributed by atoms with Gasteiger partial charge in [0.1, 0.15) is 6.04 Å². The maximum absolute atomic E-state index is 13.1. The highest BCUT2D eigenvalue weighted by Crippen LogP contribution is 2.26. The van der Waals surface area contributed by atoms with E-state index in [-0.39, 0.29) is 22.6 Å². The molecule has 160 valence electrons. The number of sulfonamides is 1. The largest absolute Gasteiger partial charge is 0.341 e. The number of carbonyl (C=O) groups excluding carboxylic acids is 2. The second-order valence-corrected chi connectivity index (χ2v) is 10.3. The van der Waals surface area contributed by atoms with Crippen LogP contribution in [0.4, 0.5) is 5.69 Å². The van der Waals surface area contributed by atoms with E-state index in [4.69, 9.17) is 0 Å². The van der Waals surface area contributed by atoms with Crippen LogP contribution in [0.2, 0.25) is 0 Å². The highest BCUT2D eigenvalue weighted by molar-refractivity contribution is 7.89. The first-order valence-electron chi connectivity index (χ1n) is 10.4. The SMILES string of the molecule is CC1CCN(C(=O)[C@@H](NS(=O)(=O)c2ccc3c(c2)CCCC(=O)N3)C(C)C)CC1. The maximum Gasteiger partial charge on any atom is 0.241 e. The lowest BCUT2D eigenvalue weighted by Crippen LogP contribution is -2.52. The van der Waals surface area contributed by atoms with Crippen molar-refractivity contribution < 1.29 is 18.0 Å². The van der Waals surface area contributed by atoms with Gasteiger partial charge < -0.3 is 10.2 Å².